The van der Waals surface area contributed by atoms with Crippen LogP contribution in [0.25, 0.3) is 0 Å². The number of sulfonamides is 2. The summed E-state index contributed by atoms with van der Waals surface area (Å²) in [7, 11) is -7.45. The molecule has 29 heavy (non-hydrogen) atoms. The maximum Gasteiger partial charge on any atom is 0.269 e. The Morgan fingerprint density at radius 2 is 1.52 bits per heavy atom. The van der Waals surface area contributed by atoms with Crippen LogP contribution in [-0.4, -0.2) is 56.5 Å². The highest BCUT2D eigenvalue weighted by Gasteiger charge is 2.33. The van der Waals surface area contributed by atoms with E-state index in [-0.39, 0.29) is 42.5 Å². The number of nitro groups is 1. The van der Waals surface area contributed by atoms with Crippen molar-refractivity contribution in [1.82, 2.24) is 8.61 Å². The van der Waals surface area contributed by atoms with E-state index in [1.807, 2.05) is 0 Å². The molecule has 1 aliphatic rings. The number of rotatable bonds is 6. The molecule has 3 rings (SSSR count). The van der Waals surface area contributed by atoms with Gasteiger partial charge in [-0.3, -0.25) is 10.1 Å². The summed E-state index contributed by atoms with van der Waals surface area (Å²) in [5.74, 6) is -0.313. The van der Waals surface area contributed by atoms with Crippen molar-refractivity contribution in [3.05, 3.63) is 69.2 Å². The molecular weight excluding hydrogens is 442 g/mol. The van der Waals surface area contributed by atoms with Gasteiger partial charge in [-0.05, 0) is 23.8 Å². The molecule has 156 valence electrons. The summed E-state index contributed by atoms with van der Waals surface area (Å²) in [6.07, 6.45) is 0. The van der Waals surface area contributed by atoms with Crippen LogP contribution in [0.1, 0.15) is 5.56 Å². The van der Waals surface area contributed by atoms with Crippen LogP contribution in [0.3, 0.4) is 0 Å². The first-order valence-electron chi connectivity index (χ1n) is 8.56. The molecule has 9 nitrogen and oxygen atoms in total. The molecule has 1 heterocycles. The molecular formula is C17H18ClN3O6S2. The lowest BCUT2D eigenvalue weighted by molar-refractivity contribution is -0.384. The summed E-state index contributed by atoms with van der Waals surface area (Å²) >= 11 is 5.87. The number of piperazine rings is 1. The molecule has 0 spiro atoms. The first-order chi connectivity index (χ1) is 13.6. The zero-order chi connectivity index (χ0) is 21.2. The summed E-state index contributed by atoms with van der Waals surface area (Å²) in [5, 5.41) is 11.0. The van der Waals surface area contributed by atoms with Gasteiger partial charge in [0.15, 0.2) is 0 Å². The van der Waals surface area contributed by atoms with Crippen LogP contribution in [0, 0.1) is 10.1 Å². The van der Waals surface area contributed by atoms with Crippen molar-refractivity contribution in [2.24, 2.45) is 0 Å². The summed E-state index contributed by atoms with van der Waals surface area (Å²) in [4.78, 5) is 10.2. The molecule has 0 unspecified atom stereocenters. The predicted molar refractivity (Wildman–Crippen MR) is 108 cm³/mol. The monoisotopic (exact) mass is 459 g/mol. The van der Waals surface area contributed by atoms with E-state index in [1.54, 1.807) is 12.1 Å². The third kappa shape index (κ3) is 4.93. The van der Waals surface area contributed by atoms with Gasteiger partial charge < -0.3 is 0 Å². The summed E-state index contributed by atoms with van der Waals surface area (Å²) in [6.45, 7) is 0.0902. The van der Waals surface area contributed by atoms with E-state index in [2.05, 4.69) is 0 Å². The summed E-state index contributed by atoms with van der Waals surface area (Å²) in [6, 6.07) is 11.2. The molecule has 1 fully saturated rings. The van der Waals surface area contributed by atoms with E-state index in [9.17, 15) is 26.9 Å². The SMILES string of the molecule is O=[N+]([O-])c1ccc(CS(=O)(=O)N2CCN(S(=O)(=O)c3cccc(Cl)c3)CC2)cc1. The Kier molecular flexibility index (Phi) is 6.24. The van der Waals surface area contributed by atoms with Crippen molar-refractivity contribution in [2.45, 2.75) is 10.6 Å². The van der Waals surface area contributed by atoms with E-state index >= 15 is 0 Å². The Morgan fingerprint density at radius 1 is 0.931 bits per heavy atom. The summed E-state index contributed by atoms with van der Waals surface area (Å²) in [5.41, 5.74) is 0.301. The van der Waals surface area contributed by atoms with E-state index in [0.717, 1.165) is 0 Å². The Hall–Kier alpha value is -2.05. The lowest BCUT2D eigenvalue weighted by atomic mass is 10.2. The zero-order valence-electron chi connectivity index (χ0n) is 15.1. The maximum absolute atomic E-state index is 12.7. The van der Waals surface area contributed by atoms with Crippen LogP contribution in [0.15, 0.2) is 53.4 Å². The average molecular weight is 460 g/mol. The molecule has 12 heteroatoms. The van der Waals surface area contributed by atoms with Crippen molar-refractivity contribution >= 4 is 37.3 Å². The molecule has 0 aromatic heterocycles. The van der Waals surface area contributed by atoms with Gasteiger partial charge in [-0.15, -0.1) is 0 Å². The Labute approximate surface area is 173 Å². The van der Waals surface area contributed by atoms with Crippen LogP contribution in [0.5, 0.6) is 0 Å². The molecule has 0 saturated carbocycles. The van der Waals surface area contributed by atoms with E-state index in [1.165, 1.54) is 45.0 Å². The average Bonchev–Trinajstić information content (AvgIpc) is 2.68. The molecule has 0 bridgehead atoms. The molecule has 1 saturated heterocycles. The normalized spacial score (nSPS) is 16.6. The van der Waals surface area contributed by atoms with Gasteiger partial charge in [-0.1, -0.05) is 29.8 Å². The molecule has 2 aromatic carbocycles. The van der Waals surface area contributed by atoms with Gasteiger partial charge in [0.2, 0.25) is 20.0 Å². The topological polar surface area (TPSA) is 118 Å². The Balaban J connectivity index is 1.67. The van der Waals surface area contributed by atoms with Crippen molar-refractivity contribution in [2.75, 3.05) is 26.2 Å². The smallest absolute Gasteiger partial charge is 0.258 e. The second-order valence-corrected chi connectivity index (χ2v) is 10.8. The minimum atomic E-state index is -3.76. The lowest BCUT2D eigenvalue weighted by Gasteiger charge is -2.33. The first-order valence-corrected chi connectivity index (χ1v) is 12.0. The fourth-order valence-electron chi connectivity index (χ4n) is 2.98. The highest BCUT2D eigenvalue weighted by atomic mass is 35.5. The van der Waals surface area contributed by atoms with Crippen molar-refractivity contribution < 1.29 is 21.8 Å². The Bertz CT molecular complexity index is 1110. The number of non-ortho nitro benzene ring substituents is 1. The van der Waals surface area contributed by atoms with Gasteiger partial charge in [0.1, 0.15) is 0 Å². The van der Waals surface area contributed by atoms with Crippen molar-refractivity contribution in [3.63, 3.8) is 0 Å². The maximum atomic E-state index is 12.7. The largest absolute Gasteiger partial charge is 0.269 e. The number of benzene rings is 2. The molecule has 0 atom stereocenters. The summed E-state index contributed by atoms with van der Waals surface area (Å²) < 4.78 is 53.2. The van der Waals surface area contributed by atoms with Gasteiger partial charge in [0, 0.05) is 43.3 Å². The zero-order valence-corrected chi connectivity index (χ0v) is 17.5. The third-order valence-electron chi connectivity index (χ3n) is 4.52. The lowest BCUT2D eigenvalue weighted by Crippen LogP contribution is -2.50. The predicted octanol–water partition coefficient (Wildman–Crippen LogP) is 2.08. The van der Waals surface area contributed by atoms with Crippen molar-refractivity contribution in [1.29, 1.82) is 0 Å². The van der Waals surface area contributed by atoms with Gasteiger partial charge in [-0.2, -0.15) is 8.61 Å². The molecule has 1 aliphatic heterocycles. The van der Waals surface area contributed by atoms with Crippen LogP contribution < -0.4 is 0 Å². The van der Waals surface area contributed by atoms with Gasteiger partial charge in [0.25, 0.3) is 5.69 Å². The van der Waals surface area contributed by atoms with Crippen LogP contribution >= 0.6 is 11.6 Å². The number of nitrogens with zero attached hydrogens (tertiary/aromatic N) is 3. The fourth-order valence-corrected chi connectivity index (χ4v) is 6.22. The quantitative estimate of drug-likeness (QED) is 0.482. The highest BCUT2D eigenvalue weighted by molar-refractivity contribution is 7.89. The van der Waals surface area contributed by atoms with E-state index in [4.69, 9.17) is 11.6 Å². The number of halogens is 1. The highest BCUT2D eigenvalue weighted by Crippen LogP contribution is 2.22. The molecule has 0 radical (unpaired) electrons. The molecule has 0 aliphatic carbocycles. The van der Waals surface area contributed by atoms with Crippen LogP contribution in [0.2, 0.25) is 5.02 Å². The van der Waals surface area contributed by atoms with Crippen LogP contribution in [-0.2, 0) is 25.8 Å². The molecule has 0 N–H and O–H groups in total. The number of nitro benzene ring substituents is 1. The standard InChI is InChI=1S/C17H18ClN3O6S2/c18-15-2-1-3-17(12-15)29(26,27)20-10-8-19(9-11-20)28(24,25)13-14-4-6-16(7-5-14)21(22)23/h1-7,12H,8-11,13H2. The number of hydrogen-bond acceptors (Lipinski definition) is 6. The number of hydrogen-bond donors (Lipinski definition) is 0. The van der Waals surface area contributed by atoms with Gasteiger partial charge >= 0.3 is 0 Å². The molecule has 0 amide bonds. The third-order valence-corrected chi connectivity index (χ3v) is 8.50. The van der Waals surface area contributed by atoms with Gasteiger partial charge in [0.05, 0.1) is 15.6 Å². The minimum absolute atomic E-state index is 0.0222. The van der Waals surface area contributed by atoms with Crippen molar-refractivity contribution in [3.8, 4) is 0 Å². The molecule has 2 aromatic rings. The van der Waals surface area contributed by atoms with Crippen LogP contribution in [0.4, 0.5) is 5.69 Å². The fraction of sp³-hybridized carbons (Fsp3) is 0.294. The Morgan fingerprint density at radius 3 is 2.07 bits per heavy atom. The second-order valence-electron chi connectivity index (χ2n) is 6.44. The second kappa shape index (κ2) is 8.36. The van der Waals surface area contributed by atoms with E-state index in [0.29, 0.717) is 10.6 Å². The van der Waals surface area contributed by atoms with E-state index < -0.39 is 25.0 Å². The minimum Gasteiger partial charge on any atom is -0.258 e. The first kappa shape index (κ1) is 21.7. The van der Waals surface area contributed by atoms with Gasteiger partial charge in [-0.25, -0.2) is 16.8 Å².